The van der Waals surface area contributed by atoms with Crippen molar-refractivity contribution in [3.05, 3.63) is 65.7 Å². The van der Waals surface area contributed by atoms with Crippen LogP contribution in [0.25, 0.3) is 0 Å². The molecule has 1 amide bonds. The fraction of sp³-hybridized carbons (Fsp3) is 0.300. The first-order chi connectivity index (χ1) is 12.6. The fourth-order valence-corrected chi connectivity index (χ4v) is 2.78. The van der Waals surface area contributed by atoms with Crippen molar-refractivity contribution in [2.24, 2.45) is 5.73 Å². The van der Waals surface area contributed by atoms with Crippen molar-refractivity contribution < 1.29 is 9.90 Å². The van der Waals surface area contributed by atoms with E-state index in [2.05, 4.69) is 34.1 Å². The first kappa shape index (κ1) is 19.6. The molecule has 3 rings (SSSR count). The molecule has 1 aliphatic rings. The zero-order chi connectivity index (χ0) is 18.8. The Kier molecular flexibility index (Phi) is 7.79. The van der Waals surface area contributed by atoms with E-state index in [0.29, 0.717) is 12.1 Å². The van der Waals surface area contributed by atoms with Gasteiger partial charge in [-0.2, -0.15) is 0 Å². The summed E-state index contributed by atoms with van der Waals surface area (Å²) >= 11 is 0. The summed E-state index contributed by atoms with van der Waals surface area (Å²) in [6.07, 6.45) is 1.12. The smallest absolute Gasteiger partial charge is 0.231 e. The summed E-state index contributed by atoms with van der Waals surface area (Å²) in [7, 11) is 0. The summed E-state index contributed by atoms with van der Waals surface area (Å²) in [5.74, 6) is -0.0750. The normalized spacial score (nSPS) is 14.9. The summed E-state index contributed by atoms with van der Waals surface area (Å²) in [5.41, 5.74) is 7.08. The van der Waals surface area contributed by atoms with Crippen LogP contribution in [-0.4, -0.2) is 59.8 Å². The highest BCUT2D eigenvalue weighted by molar-refractivity contribution is 5.80. The van der Waals surface area contributed by atoms with Crippen molar-refractivity contribution >= 4 is 12.1 Å². The maximum absolute atomic E-state index is 10.8. The SMILES string of the molecule is N=Cc1ccccc1O.NC(=O)CN1CCN(Cc2ccccc2)CC1. The van der Waals surface area contributed by atoms with Gasteiger partial charge in [-0.05, 0) is 17.7 Å². The number of nitrogens with two attached hydrogens (primary N) is 1. The van der Waals surface area contributed by atoms with Gasteiger partial charge in [0.2, 0.25) is 5.91 Å². The minimum absolute atomic E-state index is 0.160. The van der Waals surface area contributed by atoms with Crippen LogP contribution < -0.4 is 5.73 Å². The molecule has 0 aromatic heterocycles. The Balaban J connectivity index is 0.000000228. The number of benzene rings is 2. The Labute approximate surface area is 154 Å². The van der Waals surface area contributed by atoms with Gasteiger partial charge in [0.25, 0.3) is 0 Å². The van der Waals surface area contributed by atoms with Gasteiger partial charge in [0.05, 0.1) is 6.54 Å². The standard InChI is InChI=1S/C13H19N3O.C7H7NO/c14-13(17)11-16-8-6-15(7-9-16)10-12-4-2-1-3-5-12;8-5-6-3-1-2-4-7(6)9/h1-5H,6-11H2,(H2,14,17);1-5,8-9H. The molecule has 1 heterocycles. The predicted octanol–water partition coefficient (Wildman–Crippen LogP) is 1.68. The Hall–Kier alpha value is -2.70. The number of rotatable bonds is 5. The molecule has 6 heteroatoms. The molecule has 1 aliphatic heterocycles. The molecule has 0 bridgehead atoms. The minimum atomic E-state index is -0.235. The van der Waals surface area contributed by atoms with Gasteiger partial charge in [-0.25, -0.2) is 0 Å². The van der Waals surface area contributed by atoms with Crippen LogP contribution in [0.3, 0.4) is 0 Å². The minimum Gasteiger partial charge on any atom is -0.507 e. The van der Waals surface area contributed by atoms with Crippen molar-refractivity contribution in [1.29, 1.82) is 5.41 Å². The van der Waals surface area contributed by atoms with Gasteiger partial charge in [0, 0.05) is 44.5 Å². The van der Waals surface area contributed by atoms with Crippen LogP contribution >= 0.6 is 0 Å². The van der Waals surface area contributed by atoms with Gasteiger partial charge in [-0.1, -0.05) is 42.5 Å². The molecule has 6 nitrogen and oxygen atoms in total. The molecule has 4 N–H and O–H groups in total. The van der Waals surface area contributed by atoms with E-state index < -0.39 is 0 Å². The van der Waals surface area contributed by atoms with Crippen LogP contribution in [0.15, 0.2) is 54.6 Å². The van der Waals surface area contributed by atoms with Crippen LogP contribution in [0.2, 0.25) is 0 Å². The van der Waals surface area contributed by atoms with E-state index in [1.54, 1.807) is 24.3 Å². The monoisotopic (exact) mass is 354 g/mol. The van der Waals surface area contributed by atoms with Crippen LogP contribution in [0.5, 0.6) is 5.75 Å². The van der Waals surface area contributed by atoms with Gasteiger partial charge in [-0.3, -0.25) is 14.6 Å². The van der Waals surface area contributed by atoms with Crippen LogP contribution in [0, 0.1) is 5.41 Å². The maximum atomic E-state index is 10.8. The first-order valence-corrected chi connectivity index (χ1v) is 8.64. The van der Waals surface area contributed by atoms with Crippen LogP contribution in [0.4, 0.5) is 0 Å². The molecule has 138 valence electrons. The number of amides is 1. The lowest BCUT2D eigenvalue weighted by molar-refractivity contribution is -0.119. The maximum Gasteiger partial charge on any atom is 0.231 e. The molecule has 2 aromatic carbocycles. The molecule has 0 atom stereocenters. The molecule has 0 spiro atoms. The van der Waals surface area contributed by atoms with Crippen molar-refractivity contribution in [2.45, 2.75) is 6.54 Å². The molecule has 26 heavy (non-hydrogen) atoms. The summed E-state index contributed by atoms with van der Waals surface area (Å²) < 4.78 is 0. The highest BCUT2D eigenvalue weighted by atomic mass is 16.3. The highest BCUT2D eigenvalue weighted by Crippen LogP contribution is 2.11. The third-order valence-electron chi connectivity index (χ3n) is 4.19. The first-order valence-electron chi connectivity index (χ1n) is 8.64. The lowest BCUT2D eigenvalue weighted by Gasteiger charge is -2.33. The second-order valence-electron chi connectivity index (χ2n) is 6.21. The number of nitrogens with zero attached hydrogens (tertiary/aromatic N) is 2. The molecule has 0 radical (unpaired) electrons. The third kappa shape index (κ3) is 6.66. The summed E-state index contributed by atoms with van der Waals surface area (Å²) in [4.78, 5) is 15.3. The lowest BCUT2D eigenvalue weighted by Crippen LogP contribution is -2.48. The van der Waals surface area contributed by atoms with Crippen LogP contribution in [0.1, 0.15) is 11.1 Å². The molecular formula is C20H26N4O2. The quantitative estimate of drug-likeness (QED) is 0.712. The highest BCUT2D eigenvalue weighted by Gasteiger charge is 2.17. The third-order valence-corrected chi connectivity index (χ3v) is 4.19. The Morgan fingerprint density at radius 3 is 2.12 bits per heavy atom. The van der Waals surface area contributed by atoms with E-state index in [-0.39, 0.29) is 11.7 Å². The number of phenolic OH excluding ortho intramolecular Hbond substituents is 1. The summed E-state index contributed by atoms with van der Waals surface area (Å²) in [6.45, 7) is 5.24. The van der Waals surface area contributed by atoms with Gasteiger partial charge >= 0.3 is 0 Å². The van der Waals surface area contributed by atoms with Crippen LogP contribution in [-0.2, 0) is 11.3 Å². The largest absolute Gasteiger partial charge is 0.507 e. The van der Waals surface area contributed by atoms with Crippen molar-refractivity contribution in [1.82, 2.24) is 9.80 Å². The van der Waals surface area contributed by atoms with Gasteiger partial charge in [-0.15, -0.1) is 0 Å². The molecule has 0 saturated carbocycles. The second kappa shape index (κ2) is 10.3. The van der Waals surface area contributed by atoms with Gasteiger partial charge in [0.15, 0.2) is 0 Å². The molecule has 2 aromatic rings. The number of primary amides is 1. The molecule has 1 saturated heterocycles. The van der Waals surface area contributed by atoms with Crippen molar-refractivity contribution in [3.63, 3.8) is 0 Å². The Bertz CT molecular complexity index is 698. The predicted molar refractivity (Wildman–Crippen MR) is 103 cm³/mol. The lowest BCUT2D eigenvalue weighted by atomic mass is 10.2. The van der Waals surface area contributed by atoms with E-state index in [4.69, 9.17) is 16.2 Å². The molecule has 0 aliphatic carbocycles. The number of carbonyl (C=O) groups is 1. The van der Waals surface area contributed by atoms with E-state index in [9.17, 15) is 4.79 Å². The number of nitrogens with one attached hydrogen (secondary N) is 1. The second-order valence-corrected chi connectivity index (χ2v) is 6.21. The zero-order valence-electron chi connectivity index (χ0n) is 14.8. The van der Waals surface area contributed by atoms with Gasteiger partial charge < -0.3 is 16.2 Å². The van der Waals surface area contributed by atoms with E-state index >= 15 is 0 Å². The number of hydrogen-bond acceptors (Lipinski definition) is 5. The number of phenols is 1. The Morgan fingerprint density at radius 2 is 1.58 bits per heavy atom. The van der Waals surface area contributed by atoms with Gasteiger partial charge in [0.1, 0.15) is 5.75 Å². The zero-order valence-corrected chi connectivity index (χ0v) is 14.8. The number of piperazine rings is 1. The van der Waals surface area contributed by atoms with E-state index in [1.807, 2.05) is 6.07 Å². The summed E-state index contributed by atoms with van der Waals surface area (Å²) in [6, 6.07) is 17.2. The fourth-order valence-electron chi connectivity index (χ4n) is 2.78. The van der Waals surface area contributed by atoms with E-state index in [1.165, 1.54) is 5.56 Å². The number of para-hydroxylation sites is 1. The number of aromatic hydroxyl groups is 1. The van der Waals surface area contributed by atoms with Crippen molar-refractivity contribution in [2.75, 3.05) is 32.7 Å². The Morgan fingerprint density at radius 1 is 1.00 bits per heavy atom. The number of hydrogen-bond donors (Lipinski definition) is 3. The average molecular weight is 354 g/mol. The average Bonchev–Trinajstić information content (AvgIpc) is 2.65. The molecule has 0 unspecified atom stereocenters. The van der Waals surface area contributed by atoms with Crippen molar-refractivity contribution in [3.8, 4) is 5.75 Å². The summed E-state index contributed by atoms with van der Waals surface area (Å²) in [5, 5.41) is 15.8. The molecule has 1 fully saturated rings. The molecular weight excluding hydrogens is 328 g/mol. The number of carbonyl (C=O) groups excluding carboxylic acids is 1. The van der Waals surface area contributed by atoms with E-state index in [0.717, 1.165) is 38.9 Å². The topological polar surface area (TPSA) is 93.6 Å².